The van der Waals surface area contributed by atoms with Gasteiger partial charge in [-0.1, -0.05) is 0 Å². The monoisotopic (exact) mass is 135 g/mol. The van der Waals surface area contributed by atoms with E-state index in [4.69, 9.17) is 0 Å². The predicted octanol–water partition coefficient (Wildman–Crippen LogP) is 0.0645. The van der Waals surface area contributed by atoms with E-state index in [0.717, 1.165) is 14.0 Å². The second-order valence-electron chi connectivity index (χ2n) is 1.74. The molecule has 0 fully saturated rings. The van der Waals surface area contributed by atoms with Crippen molar-refractivity contribution in [1.29, 1.82) is 0 Å². The first-order chi connectivity index (χ1) is 4.04. The van der Waals surface area contributed by atoms with Gasteiger partial charge in [-0.25, -0.2) is 9.18 Å². The number of alkyl halides is 1. The highest BCUT2D eigenvalue weighted by Crippen LogP contribution is 2.05. The molecule has 0 aromatic carbocycles. The first-order valence-corrected chi connectivity index (χ1v) is 2.51. The van der Waals surface area contributed by atoms with Crippen molar-refractivity contribution in [3.8, 4) is 0 Å². The third-order valence-corrected chi connectivity index (χ3v) is 1.04. The van der Waals surface area contributed by atoms with Gasteiger partial charge in [-0.15, -0.1) is 0 Å². The molecule has 4 heteroatoms. The molecule has 0 amide bonds. The van der Waals surface area contributed by atoms with Crippen molar-refractivity contribution in [1.82, 2.24) is 5.32 Å². The van der Waals surface area contributed by atoms with Gasteiger partial charge in [0, 0.05) is 0 Å². The fourth-order valence-electron chi connectivity index (χ4n) is 0.294. The molecular formula is C5H10FNO2. The Morgan fingerprint density at radius 3 is 2.33 bits per heavy atom. The lowest BCUT2D eigenvalue weighted by molar-refractivity contribution is -0.155. The molecule has 1 N–H and O–H groups in total. The number of nitrogens with one attached hydrogen (secondary N) is 1. The van der Waals surface area contributed by atoms with Crippen LogP contribution in [-0.4, -0.2) is 25.9 Å². The van der Waals surface area contributed by atoms with Crippen molar-refractivity contribution in [2.24, 2.45) is 0 Å². The molecule has 0 saturated carbocycles. The van der Waals surface area contributed by atoms with E-state index in [-0.39, 0.29) is 0 Å². The Bertz CT molecular complexity index is 114. The van der Waals surface area contributed by atoms with Gasteiger partial charge in [0.1, 0.15) is 0 Å². The Morgan fingerprint density at radius 2 is 2.22 bits per heavy atom. The SMILES string of the molecule is CNC(C)(F)C(=O)OC. The zero-order chi connectivity index (χ0) is 7.49. The molecule has 54 valence electrons. The Labute approximate surface area is 53.2 Å². The van der Waals surface area contributed by atoms with Gasteiger partial charge in [-0.2, -0.15) is 0 Å². The molecule has 3 nitrogen and oxygen atoms in total. The summed E-state index contributed by atoms with van der Waals surface area (Å²) in [6, 6.07) is 0. The summed E-state index contributed by atoms with van der Waals surface area (Å²) in [4.78, 5) is 10.4. The lowest BCUT2D eigenvalue weighted by atomic mass is 10.3. The maximum Gasteiger partial charge on any atom is 0.358 e. The average molecular weight is 135 g/mol. The molecule has 0 saturated heterocycles. The van der Waals surface area contributed by atoms with Crippen LogP contribution in [-0.2, 0) is 9.53 Å². The fraction of sp³-hybridized carbons (Fsp3) is 0.800. The number of ether oxygens (including phenoxy) is 1. The minimum absolute atomic E-state index is 0.912. The van der Waals surface area contributed by atoms with Crippen LogP contribution in [0.4, 0.5) is 4.39 Å². The van der Waals surface area contributed by atoms with Crippen LogP contribution in [0.2, 0.25) is 0 Å². The summed E-state index contributed by atoms with van der Waals surface area (Å²) in [5.74, 6) is -2.97. The number of halogens is 1. The topological polar surface area (TPSA) is 38.3 Å². The molecule has 0 aliphatic carbocycles. The van der Waals surface area contributed by atoms with Crippen LogP contribution in [0.1, 0.15) is 6.92 Å². The summed E-state index contributed by atoms with van der Waals surface area (Å²) in [6.07, 6.45) is 0. The molecule has 9 heavy (non-hydrogen) atoms. The average Bonchev–Trinajstić information content (AvgIpc) is 1.86. The van der Waals surface area contributed by atoms with E-state index in [2.05, 4.69) is 10.1 Å². The molecule has 1 unspecified atom stereocenters. The van der Waals surface area contributed by atoms with Crippen molar-refractivity contribution in [2.75, 3.05) is 14.2 Å². The van der Waals surface area contributed by atoms with E-state index in [9.17, 15) is 9.18 Å². The molecule has 1 atom stereocenters. The van der Waals surface area contributed by atoms with Gasteiger partial charge in [0.25, 0.3) is 5.79 Å². The molecular weight excluding hydrogens is 125 g/mol. The van der Waals surface area contributed by atoms with Gasteiger partial charge in [0.05, 0.1) is 7.11 Å². The van der Waals surface area contributed by atoms with Crippen LogP contribution in [0, 0.1) is 0 Å². The maximum absolute atomic E-state index is 12.6. The summed E-state index contributed by atoms with van der Waals surface area (Å²) >= 11 is 0. The molecule has 0 aliphatic heterocycles. The summed E-state index contributed by atoms with van der Waals surface area (Å²) < 4.78 is 16.8. The van der Waals surface area contributed by atoms with E-state index in [1.54, 1.807) is 0 Å². The molecule has 0 aromatic rings. The minimum Gasteiger partial charge on any atom is -0.466 e. The summed E-state index contributed by atoms with van der Waals surface area (Å²) in [5.41, 5.74) is 0. The third-order valence-electron chi connectivity index (χ3n) is 1.04. The number of esters is 1. The van der Waals surface area contributed by atoms with Gasteiger partial charge in [-0.3, -0.25) is 5.32 Å². The zero-order valence-corrected chi connectivity index (χ0v) is 5.69. The van der Waals surface area contributed by atoms with Gasteiger partial charge >= 0.3 is 5.97 Å². The molecule has 0 aromatic heterocycles. The van der Waals surface area contributed by atoms with E-state index < -0.39 is 11.8 Å². The first-order valence-electron chi connectivity index (χ1n) is 2.51. The van der Waals surface area contributed by atoms with Crippen LogP contribution in [0.3, 0.4) is 0 Å². The van der Waals surface area contributed by atoms with E-state index in [1.165, 1.54) is 7.05 Å². The van der Waals surface area contributed by atoms with Gasteiger partial charge in [0.2, 0.25) is 0 Å². The summed E-state index contributed by atoms with van der Waals surface area (Å²) in [6.45, 7) is 1.10. The van der Waals surface area contributed by atoms with E-state index in [1.807, 2.05) is 0 Å². The molecule has 0 aliphatic rings. The summed E-state index contributed by atoms with van der Waals surface area (Å²) in [7, 11) is 2.48. The Kier molecular flexibility index (Phi) is 2.58. The van der Waals surface area contributed by atoms with Gasteiger partial charge < -0.3 is 4.74 Å². The maximum atomic E-state index is 12.6. The number of likely N-dealkylation sites (N-methyl/N-ethyl adjacent to an activating group) is 1. The highest BCUT2D eigenvalue weighted by molar-refractivity contribution is 5.78. The highest BCUT2D eigenvalue weighted by atomic mass is 19.1. The normalized spacial score (nSPS) is 16.4. The van der Waals surface area contributed by atoms with Crippen LogP contribution in [0.25, 0.3) is 0 Å². The number of carbonyl (C=O) groups is 1. The lowest BCUT2D eigenvalue weighted by Crippen LogP contribution is -2.43. The number of hydrogen-bond donors (Lipinski definition) is 1. The zero-order valence-electron chi connectivity index (χ0n) is 5.69. The largest absolute Gasteiger partial charge is 0.466 e. The molecule has 0 rings (SSSR count). The van der Waals surface area contributed by atoms with Crippen molar-refractivity contribution in [3.63, 3.8) is 0 Å². The second kappa shape index (κ2) is 2.77. The highest BCUT2D eigenvalue weighted by Gasteiger charge is 2.31. The quantitative estimate of drug-likeness (QED) is 0.430. The van der Waals surface area contributed by atoms with Crippen LogP contribution in [0.5, 0.6) is 0 Å². The molecule has 0 radical (unpaired) electrons. The first kappa shape index (κ1) is 8.36. The van der Waals surface area contributed by atoms with E-state index in [0.29, 0.717) is 0 Å². The Morgan fingerprint density at radius 1 is 1.78 bits per heavy atom. The van der Waals surface area contributed by atoms with Crippen LogP contribution < -0.4 is 5.32 Å². The number of hydrogen-bond acceptors (Lipinski definition) is 3. The van der Waals surface area contributed by atoms with Crippen molar-refractivity contribution in [3.05, 3.63) is 0 Å². The minimum atomic E-state index is -2.06. The number of carbonyl (C=O) groups excluding carboxylic acids is 1. The summed E-state index contributed by atoms with van der Waals surface area (Å²) in [5, 5.41) is 2.15. The number of rotatable bonds is 2. The third kappa shape index (κ3) is 1.97. The van der Waals surface area contributed by atoms with Gasteiger partial charge in [0.15, 0.2) is 0 Å². The standard InChI is InChI=1S/C5H10FNO2/c1-5(6,7-2)4(8)9-3/h7H,1-3H3. The lowest BCUT2D eigenvalue weighted by Gasteiger charge is -2.14. The smallest absolute Gasteiger partial charge is 0.358 e. The Balaban J connectivity index is 3.97. The predicted molar refractivity (Wildman–Crippen MR) is 30.6 cm³/mol. The van der Waals surface area contributed by atoms with Crippen molar-refractivity contribution >= 4 is 5.97 Å². The second-order valence-corrected chi connectivity index (χ2v) is 1.74. The number of methoxy groups -OCH3 is 1. The van der Waals surface area contributed by atoms with Crippen molar-refractivity contribution in [2.45, 2.75) is 12.7 Å². The van der Waals surface area contributed by atoms with Crippen molar-refractivity contribution < 1.29 is 13.9 Å². The van der Waals surface area contributed by atoms with Crippen LogP contribution in [0.15, 0.2) is 0 Å². The molecule has 0 heterocycles. The van der Waals surface area contributed by atoms with Gasteiger partial charge in [-0.05, 0) is 14.0 Å². The molecule has 0 spiro atoms. The van der Waals surface area contributed by atoms with E-state index >= 15 is 0 Å². The fourth-order valence-corrected chi connectivity index (χ4v) is 0.294. The Hall–Kier alpha value is -0.640. The van der Waals surface area contributed by atoms with Crippen LogP contribution >= 0.6 is 0 Å². The molecule has 0 bridgehead atoms.